The van der Waals surface area contributed by atoms with Crippen LogP contribution in [0.3, 0.4) is 0 Å². The Bertz CT molecular complexity index is 506. The lowest BCUT2D eigenvalue weighted by atomic mass is 10.2. The molecule has 0 atom stereocenters. The van der Waals surface area contributed by atoms with Gasteiger partial charge in [-0.1, -0.05) is 26.0 Å². The summed E-state index contributed by atoms with van der Waals surface area (Å²) < 4.78 is 26.0. The monoisotopic (exact) mass is 269 g/mol. The highest BCUT2D eigenvalue weighted by molar-refractivity contribution is 7.89. The Kier molecular flexibility index (Phi) is 5.04. The first kappa shape index (κ1) is 14.9. The maximum absolute atomic E-state index is 12.3. The first-order chi connectivity index (χ1) is 8.43. The van der Waals surface area contributed by atoms with Crippen LogP contribution in [0, 0.1) is 0 Å². The van der Waals surface area contributed by atoms with Crippen molar-refractivity contribution in [3.05, 3.63) is 29.8 Å². The first-order valence-corrected chi connectivity index (χ1v) is 7.48. The fourth-order valence-electron chi connectivity index (χ4n) is 1.71. The zero-order valence-electron chi connectivity index (χ0n) is 11.0. The van der Waals surface area contributed by atoms with Gasteiger partial charge < -0.3 is 0 Å². The molecule has 5 heteroatoms. The van der Waals surface area contributed by atoms with E-state index in [0.29, 0.717) is 18.7 Å². The highest BCUT2D eigenvalue weighted by atomic mass is 32.2. The number of carbonyl (C=O) groups is 1. The van der Waals surface area contributed by atoms with Crippen LogP contribution in [0.5, 0.6) is 0 Å². The van der Waals surface area contributed by atoms with Gasteiger partial charge in [-0.25, -0.2) is 8.42 Å². The van der Waals surface area contributed by atoms with Gasteiger partial charge in [0.1, 0.15) is 0 Å². The van der Waals surface area contributed by atoms with Crippen LogP contribution in [0.25, 0.3) is 0 Å². The number of sulfonamides is 1. The Morgan fingerprint density at radius 3 is 2.11 bits per heavy atom. The molecule has 0 fully saturated rings. The van der Waals surface area contributed by atoms with Gasteiger partial charge in [0, 0.05) is 18.7 Å². The number of carbonyl (C=O) groups excluding carboxylic acids is 1. The van der Waals surface area contributed by atoms with E-state index >= 15 is 0 Å². The molecule has 100 valence electrons. The van der Waals surface area contributed by atoms with E-state index in [0.717, 1.165) is 6.42 Å². The third-order valence-corrected chi connectivity index (χ3v) is 4.71. The van der Waals surface area contributed by atoms with Crippen molar-refractivity contribution in [1.29, 1.82) is 0 Å². The van der Waals surface area contributed by atoms with Crippen molar-refractivity contribution >= 4 is 15.8 Å². The molecular weight excluding hydrogens is 250 g/mol. The molecule has 0 radical (unpaired) electrons. The molecular formula is C13H19NO3S. The Balaban J connectivity index is 3.08. The summed E-state index contributed by atoms with van der Waals surface area (Å²) in [7, 11) is -3.43. The minimum atomic E-state index is -3.43. The van der Waals surface area contributed by atoms with E-state index in [-0.39, 0.29) is 10.7 Å². The summed E-state index contributed by atoms with van der Waals surface area (Å²) in [6.07, 6.45) is 0.776. The van der Waals surface area contributed by atoms with Crippen LogP contribution in [0.1, 0.15) is 37.6 Å². The lowest BCUT2D eigenvalue weighted by Crippen LogP contribution is -2.31. The van der Waals surface area contributed by atoms with E-state index in [9.17, 15) is 13.2 Å². The molecule has 0 N–H and O–H groups in total. The van der Waals surface area contributed by atoms with Gasteiger partial charge in [0.05, 0.1) is 4.90 Å². The maximum atomic E-state index is 12.3. The third-order valence-electron chi connectivity index (χ3n) is 2.72. The Labute approximate surface area is 109 Å². The molecule has 0 spiro atoms. The largest absolute Gasteiger partial charge is 0.295 e. The van der Waals surface area contributed by atoms with Gasteiger partial charge in [0.15, 0.2) is 5.78 Å². The van der Waals surface area contributed by atoms with E-state index in [1.807, 2.05) is 13.8 Å². The van der Waals surface area contributed by atoms with Gasteiger partial charge in [-0.3, -0.25) is 4.79 Å². The number of ketones is 1. The van der Waals surface area contributed by atoms with Gasteiger partial charge in [-0.05, 0) is 25.5 Å². The van der Waals surface area contributed by atoms with Gasteiger partial charge in [-0.15, -0.1) is 0 Å². The van der Waals surface area contributed by atoms with Crippen LogP contribution in [-0.2, 0) is 10.0 Å². The van der Waals surface area contributed by atoms with Crippen molar-refractivity contribution in [2.24, 2.45) is 0 Å². The standard InChI is InChI=1S/C13H19NO3S/c1-4-10-14(5-2)18(16,17)13-8-6-12(7-9-13)11(3)15/h6-9H,4-5,10H2,1-3H3. The molecule has 0 saturated heterocycles. The van der Waals surface area contributed by atoms with Crippen LogP contribution in [0.4, 0.5) is 0 Å². The second-order valence-electron chi connectivity index (χ2n) is 4.08. The molecule has 0 aromatic heterocycles. The van der Waals surface area contributed by atoms with Crippen molar-refractivity contribution < 1.29 is 13.2 Å². The van der Waals surface area contributed by atoms with Crippen molar-refractivity contribution in [3.63, 3.8) is 0 Å². The molecule has 0 aliphatic carbocycles. The maximum Gasteiger partial charge on any atom is 0.243 e. The van der Waals surface area contributed by atoms with E-state index in [2.05, 4.69) is 0 Å². The normalized spacial score (nSPS) is 11.8. The number of hydrogen-bond acceptors (Lipinski definition) is 3. The van der Waals surface area contributed by atoms with Gasteiger partial charge in [-0.2, -0.15) is 4.31 Å². The zero-order chi connectivity index (χ0) is 13.8. The molecule has 0 heterocycles. The molecule has 0 amide bonds. The molecule has 1 aromatic carbocycles. The fraction of sp³-hybridized carbons (Fsp3) is 0.462. The zero-order valence-corrected chi connectivity index (χ0v) is 11.8. The minimum absolute atomic E-state index is 0.0696. The van der Waals surface area contributed by atoms with Gasteiger partial charge in [0.25, 0.3) is 0 Å². The second kappa shape index (κ2) is 6.11. The van der Waals surface area contributed by atoms with Crippen LogP contribution in [0.2, 0.25) is 0 Å². The molecule has 18 heavy (non-hydrogen) atoms. The topological polar surface area (TPSA) is 54.5 Å². The average Bonchev–Trinajstić information content (AvgIpc) is 2.35. The van der Waals surface area contributed by atoms with Crippen LogP contribution >= 0.6 is 0 Å². The molecule has 4 nitrogen and oxygen atoms in total. The van der Waals surface area contributed by atoms with Gasteiger partial charge in [0.2, 0.25) is 10.0 Å². The molecule has 0 saturated carbocycles. The SMILES string of the molecule is CCCN(CC)S(=O)(=O)c1ccc(C(C)=O)cc1. The summed E-state index contributed by atoms with van der Waals surface area (Å²) in [6.45, 7) is 6.17. The number of rotatable bonds is 6. The summed E-state index contributed by atoms with van der Waals surface area (Å²) in [5.41, 5.74) is 0.521. The van der Waals surface area contributed by atoms with Crippen molar-refractivity contribution in [2.45, 2.75) is 32.1 Å². The summed E-state index contributed by atoms with van der Waals surface area (Å²) >= 11 is 0. The number of Topliss-reactive ketones (excluding diaryl/α,β-unsaturated/α-hetero) is 1. The lowest BCUT2D eigenvalue weighted by molar-refractivity contribution is 0.101. The van der Waals surface area contributed by atoms with E-state index in [4.69, 9.17) is 0 Å². The minimum Gasteiger partial charge on any atom is -0.295 e. The number of benzene rings is 1. The predicted octanol–water partition coefficient (Wildman–Crippen LogP) is 2.31. The summed E-state index contributed by atoms with van der Waals surface area (Å²) in [5.74, 6) is -0.0696. The van der Waals surface area contributed by atoms with Crippen LogP contribution in [0.15, 0.2) is 29.2 Å². The Morgan fingerprint density at radius 1 is 1.17 bits per heavy atom. The molecule has 1 aromatic rings. The first-order valence-electron chi connectivity index (χ1n) is 6.04. The average molecular weight is 269 g/mol. The van der Waals surface area contributed by atoms with E-state index in [1.165, 1.54) is 23.4 Å². The smallest absolute Gasteiger partial charge is 0.243 e. The molecule has 0 unspecified atom stereocenters. The Hall–Kier alpha value is -1.20. The number of nitrogens with zero attached hydrogens (tertiary/aromatic N) is 1. The summed E-state index contributed by atoms with van der Waals surface area (Å²) in [4.78, 5) is 11.4. The van der Waals surface area contributed by atoms with Crippen molar-refractivity contribution in [1.82, 2.24) is 4.31 Å². The van der Waals surface area contributed by atoms with Gasteiger partial charge >= 0.3 is 0 Å². The van der Waals surface area contributed by atoms with Crippen molar-refractivity contribution in [3.8, 4) is 0 Å². The molecule has 0 bridgehead atoms. The molecule has 0 aliphatic heterocycles. The lowest BCUT2D eigenvalue weighted by Gasteiger charge is -2.19. The van der Waals surface area contributed by atoms with E-state index < -0.39 is 10.0 Å². The summed E-state index contributed by atoms with van der Waals surface area (Å²) in [5, 5.41) is 0. The van der Waals surface area contributed by atoms with Crippen LogP contribution < -0.4 is 0 Å². The quantitative estimate of drug-likeness (QED) is 0.745. The highest BCUT2D eigenvalue weighted by Crippen LogP contribution is 2.16. The summed E-state index contributed by atoms with van der Waals surface area (Å²) in [6, 6.07) is 6.08. The number of hydrogen-bond donors (Lipinski definition) is 0. The predicted molar refractivity (Wildman–Crippen MR) is 71.2 cm³/mol. The Morgan fingerprint density at radius 2 is 1.72 bits per heavy atom. The molecule has 1 rings (SSSR count). The van der Waals surface area contributed by atoms with Crippen LogP contribution in [-0.4, -0.2) is 31.6 Å². The van der Waals surface area contributed by atoms with Crippen molar-refractivity contribution in [2.75, 3.05) is 13.1 Å². The van der Waals surface area contributed by atoms with E-state index in [1.54, 1.807) is 12.1 Å². The molecule has 0 aliphatic rings. The third kappa shape index (κ3) is 3.17. The fourth-order valence-corrected chi connectivity index (χ4v) is 3.25. The highest BCUT2D eigenvalue weighted by Gasteiger charge is 2.22. The second-order valence-corrected chi connectivity index (χ2v) is 6.02.